The molecule has 1 aliphatic heterocycles. The number of hydrogen-bond donors (Lipinski definition) is 1. The summed E-state index contributed by atoms with van der Waals surface area (Å²) < 4.78 is 63.2. The third-order valence-corrected chi connectivity index (χ3v) is 5.31. The average molecular weight is 420 g/mol. The zero-order valence-electron chi connectivity index (χ0n) is 15.5. The summed E-state index contributed by atoms with van der Waals surface area (Å²) >= 11 is 0. The number of carbonyl (C=O) groups is 2. The van der Waals surface area contributed by atoms with Gasteiger partial charge in [0.15, 0.2) is 0 Å². The van der Waals surface area contributed by atoms with E-state index >= 15 is 0 Å². The summed E-state index contributed by atoms with van der Waals surface area (Å²) in [5.41, 5.74) is -2.42. The Labute approximate surface area is 163 Å². The largest absolute Gasteiger partial charge is 0.465 e. The lowest BCUT2D eigenvalue weighted by Crippen LogP contribution is -2.56. The molecule has 160 valence electrons. The van der Waals surface area contributed by atoms with Gasteiger partial charge in [0.25, 0.3) is 0 Å². The number of rotatable bonds is 4. The molecule has 2 fully saturated rings. The molecule has 1 unspecified atom stereocenters. The minimum Gasteiger partial charge on any atom is -0.465 e. The van der Waals surface area contributed by atoms with Crippen molar-refractivity contribution in [1.29, 1.82) is 0 Å². The van der Waals surface area contributed by atoms with Crippen LogP contribution < -0.4 is 0 Å². The van der Waals surface area contributed by atoms with E-state index in [2.05, 4.69) is 0 Å². The first-order valence-electron chi connectivity index (χ1n) is 8.90. The number of carboxylic acid groups (broad SMARTS) is 1. The quantitative estimate of drug-likeness (QED) is 0.757. The van der Waals surface area contributed by atoms with Gasteiger partial charge in [0, 0.05) is 13.1 Å². The van der Waals surface area contributed by atoms with Gasteiger partial charge in [-0.2, -0.15) is 13.2 Å². The predicted molar refractivity (Wildman–Crippen MR) is 90.8 cm³/mol. The van der Waals surface area contributed by atoms with Crippen molar-refractivity contribution in [2.45, 2.75) is 30.6 Å². The first kappa shape index (κ1) is 21.2. The van der Waals surface area contributed by atoms with Crippen LogP contribution in [0.4, 0.5) is 27.2 Å². The molecule has 1 aliphatic carbocycles. The standard InChI is InChI=1S/C18H20F4N2O5/c1-28-16(27)24(9-12-10-29-7-6-23(12)15(25)26)17(4-5-17)11-2-3-14(19)13(8-11)18(20,21)22/h2-3,8,12H,4-7,9-10H2,1H3,(H,25,26). The number of morpholine rings is 1. The van der Waals surface area contributed by atoms with Gasteiger partial charge in [0.1, 0.15) is 5.82 Å². The fourth-order valence-corrected chi connectivity index (χ4v) is 3.67. The molecule has 0 spiro atoms. The van der Waals surface area contributed by atoms with E-state index in [4.69, 9.17) is 9.47 Å². The zero-order chi connectivity index (χ0) is 21.4. The van der Waals surface area contributed by atoms with Crippen LogP contribution in [0.25, 0.3) is 0 Å². The van der Waals surface area contributed by atoms with Crippen molar-refractivity contribution in [3.05, 3.63) is 35.1 Å². The highest BCUT2D eigenvalue weighted by Crippen LogP contribution is 2.52. The Bertz CT molecular complexity index is 797. The molecule has 1 aromatic rings. The summed E-state index contributed by atoms with van der Waals surface area (Å²) in [6.45, 7) is 0.223. The van der Waals surface area contributed by atoms with E-state index in [0.717, 1.165) is 18.1 Å². The van der Waals surface area contributed by atoms with E-state index in [0.29, 0.717) is 18.9 Å². The highest BCUT2D eigenvalue weighted by atomic mass is 19.4. The van der Waals surface area contributed by atoms with Crippen LogP contribution >= 0.6 is 0 Å². The first-order chi connectivity index (χ1) is 13.6. The Morgan fingerprint density at radius 2 is 2.07 bits per heavy atom. The molecular weight excluding hydrogens is 400 g/mol. The van der Waals surface area contributed by atoms with Crippen molar-refractivity contribution >= 4 is 12.2 Å². The third-order valence-electron chi connectivity index (χ3n) is 5.31. The van der Waals surface area contributed by atoms with Crippen molar-refractivity contribution in [1.82, 2.24) is 9.80 Å². The van der Waals surface area contributed by atoms with Crippen molar-refractivity contribution in [2.24, 2.45) is 0 Å². The monoisotopic (exact) mass is 420 g/mol. The summed E-state index contributed by atoms with van der Waals surface area (Å²) in [5.74, 6) is -1.40. The number of nitrogens with zero attached hydrogens (tertiary/aromatic N) is 2. The summed E-state index contributed by atoms with van der Waals surface area (Å²) in [5, 5.41) is 9.38. The minimum atomic E-state index is -4.89. The Morgan fingerprint density at radius 1 is 1.38 bits per heavy atom. The molecule has 1 aromatic carbocycles. The van der Waals surface area contributed by atoms with Crippen LogP contribution in [0.15, 0.2) is 18.2 Å². The Balaban J connectivity index is 1.95. The highest BCUT2D eigenvalue weighted by Gasteiger charge is 2.54. The van der Waals surface area contributed by atoms with Crippen LogP contribution in [0.5, 0.6) is 0 Å². The third kappa shape index (κ3) is 4.09. The maximum absolute atomic E-state index is 13.7. The van der Waals surface area contributed by atoms with Gasteiger partial charge >= 0.3 is 18.4 Å². The molecule has 0 aromatic heterocycles. The van der Waals surface area contributed by atoms with E-state index in [-0.39, 0.29) is 31.9 Å². The summed E-state index contributed by atoms with van der Waals surface area (Å²) in [7, 11) is 1.13. The Kier molecular flexibility index (Phi) is 5.61. The van der Waals surface area contributed by atoms with Crippen molar-refractivity contribution < 1.29 is 41.7 Å². The molecule has 2 amide bonds. The van der Waals surface area contributed by atoms with Crippen LogP contribution in [0.1, 0.15) is 24.0 Å². The van der Waals surface area contributed by atoms with Gasteiger partial charge in [-0.05, 0) is 30.5 Å². The van der Waals surface area contributed by atoms with Gasteiger partial charge in [-0.15, -0.1) is 0 Å². The molecule has 0 radical (unpaired) electrons. The SMILES string of the molecule is COC(=O)N(CC1COCCN1C(=O)O)C1(c2ccc(F)c(C(F)(F)F)c2)CC1. The molecule has 2 aliphatic rings. The lowest BCUT2D eigenvalue weighted by Gasteiger charge is -2.39. The van der Waals surface area contributed by atoms with Crippen LogP contribution in [0.2, 0.25) is 0 Å². The van der Waals surface area contributed by atoms with Crippen LogP contribution in [-0.2, 0) is 21.2 Å². The number of ether oxygens (including phenoxy) is 2. The number of amides is 2. The number of carbonyl (C=O) groups excluding carboxylic acids is 1. The second-order valence-electron chi connectivity index (χ2n) is 7.01. The van der Waals surface area contributed by atoms with Gasteiger partial charge in [-0.1, -0.05) is 6.07 Å². The number of hydrogen-bond acceptors (Lipinski definition) is 4. The second kappa shape index (κ2) is 7.69. The highest BCUT2D eigenvalue weighted by molar-refractivity contribution is 5.70. The van der Waals surface area contributed by atoms with Gasteiger partial charge in [-0.25, -0.2) is 14.0 Å². The number of alkyl halides is 3. The van der Waals surface area contributed by atoms with Crippen molar-refractivity contribution in [2.75, 3.05) is 33.4 Å². The van der Waals surface area contributed by atoms with Crippen LogP contribution in [0, 0.1) is 5.82 Å². The molecule has 1 atom stereocenters. The van der Waals surface area contributed by atoms with Gasteiger partial charge < -0.3 is 14.6 Å². The number of halogens is 4. The topological polar surface area (TPSA) is 79.3 Å². The van der Waals surface area contributed by atoms with Crippen molar-refractivity contribution in [3.63, 3.8) is 0 Å². The maximum atomic E-state index is 13.7. The molecule has 1 heterocycles. The lowest BCUT2D eigenvalue weighted by molar-refractivity contribution is -0.140. The summed E-state index contributed by atoms with van der Waals surface area (Å²) in [4.78, 5) is 26.3. The minimum absolute atomic E-state index is 0.0348. The molecule has 3 rings (SSSR count). The smallest absolute Gasteiger partial charge is 0.419 e. The Hall–Kier alpha value is -2.56. The molecule has 7 nitrogen and oxygen atoms in total. The fourth-order valence-electron chi connectivity index (χ4n) is 3.67. The van der Waals surface area contributed by atoms with E-state index in [9.17, 15) is 32.3 Å². The maximum Gasteiger partial charge on any atom is 0.419 e. The fraction of sp³-hybridized carbons (Fsp3) is 0.556. The summed E-state index contributed by atoms with van der Waals surface area (Å²) in [6.07, 6.45) is -6.20. The molecular formula is C18H20F4N2O5. The average Bonchev–Trinajstić information content (AvgIpc) is 3.46. The number of methoxy groups -OCH3 is 1. The molecule has 1 saturated carbocycles. The van der Waals surface area contributed by atoms with E-state index in [1.54, 1.807) is 0 Å². The van der Waals surface area contributed by atoms with Crippen LogP contribution in [-0.4, -0.2) is 66.5 Å². The van der Waals surface area contributed by atoms with Crippen LogP contribution in [0.3, 0.4) is 0 Å². The van der Waals surface area contributed by atoms with E-state index in [1.165, 1.54) is 11.0 Å². The molecule has 11 heteroatoms. The van der Waals surface area contributed by atoms with Crippen molar-refractivity contribution in [3.8, 4) is 0 Å². The number of benzene rings is 1. The summed E-state index contributed by atoms with van der Waals surface area (Å²) in [6, 6.07) is 1.92. The predicted octanol–water partition coefficient (Wildman–Crippen LogP) is 3.28. The molecule has 1 N–H and O–H groups in total. The second-order valence-corrected chi connectivity index (χ2v) is 7.01. The first-order valence-corrected chi connectivity index (χ1v) is 8.90. The normalized spacial score (nSPS) is 20.9. The van der Waals surface area contributed by atoms with Gasteiger partial charge in [0.2, 0.25) is 0 Å². The van der Waals surface area contributed by atoms with Gasteiger partial charge in [0.05, 0.1) is 37.5 Å². The molecule has 29 heavy (non-hydrogen) atoms. The van der Waals surface area contributed by atoms with E-state index < -0.39 is 41.3 Å². The molecule has 1 saturated heterocycles. The Morgan fingerprint density at radius 3 is 2.62 bits per heavy atom. The van der Waals surface area contributed by atoms with Gasteiger partial charge in [-0.3, -0.25) is 9.80 Å². The lowest BCUT2D eigenvalue weighted by atomic mass is 9.99. The van der Waals surface area contributed by atoms with E-state index in [1.807, 2.05) is 0 Å². The molecule has 0 bridgehead atoms. The zero-order valence-corrected chi connectivity index (χ0v) is 15.5.